The van der Waals surface area contributed by atoms with Crippen LogP contribution in [0.2, 0.25) is 0 Å². The van der Waals surface area contributed by atoms with E-state index in [1.54, 1.807) is 64.1 Å². The Morgan fingerprint density at radius 1 is 0.865 bits per heavy atom. The third-order valence-electron chi connectivity index (χ3n) is 8.75. The molecule has 6 N–H and O–H groups in total. The highest BCUT2D eigenvalue weighted by atomic mass is 19.4. The summed E-state index contributed by atoms with van der Waals surface area (Å²) in [6.45, 7) is 2.29. The molecular formula is C37H36F4N8O3. The number of anilines is 1. The second-order valence-corrected chi connectivity index (χ2v) is 12.3. The first-order valence-corrected chi connectivity index (χ1v) is 16.5. The Hall–Kier alpha value is -6.12. The number of hydrogen-bond acceptors (Lipinski definition) is 6. The number of imidazole rings is 1. The summed E-state index contributed by atoms with van der Waals surface area (Å²) in [7, 11) is 0. The van der Waals surface area contributed by atoms with E-state index in [0.29, 0.717) is 60.6 Å². The number of carbonyl (C=O) groups is 2. The van der Waals surface area contributed by atoms with E-state index in [0.717, 1.165) is 17.8 Å². The molecule has 0 saturated carbocycles. The van der Waals surface area contributed by atoms with Crippen LogP contribution in [0.15, 0.2) is 96.0 Å². The Balaban J connectivity index is 1.32. The van der Waals surface area contributed by atoms with Crippen LogP contribution in [0.25, 0.3) is 22.4 Å². The van der Waals surface area contributed by atoms with Crippen molar-refractivity contribution in [1.82, 2.24) is 14.5 Å². The number of alkyl halides is 3. The molecule has 11 nitrogen and oxygen atoms in total. The summed E-state index contributed by atoms with van der Waals surface area (Å²) in [5.41, 5.74) is 18.8. The van der Waals surface area contributed by atoms with Gasteiger partial charge in [0.1, 0.15) is 29.2 Å². The van der Waals surface area contributed by atoms with Crippen LogP contribution in [0.3, 0.4) is 0 Å². The maximum atomic E-state index is 13.7. The van der Waals surface area contributed by atoms with E-state index < -0.39 is 23.7 Å². The van der Waals surface area contributed by atoms with E-state index in [9.17, 15) is 27.2 Å². The van der Waals surface area contributed by atoms with Gasteiger partial charge in [0.25, 0.3) is 5.91 Å². The first kappa shape index (κ1) is 35.7. The van der Waals surface area contributed by atoms with Gasteiger partial charge in [0.2, 0.25) is 5.91 Å². The zero-order valence-corrected chi connectivity index (χ0v) is 27.9. The topological polar surface area (TPSA) is 158 Å². The molecule has 5 aromatic rings. The smallest absolute Gasteiger partial charge is 0.416 e. The van der Waals surface area contributed by atoms with Crippen molar-refractivity contribution in [1.29, 1.82) is 0 Å². The molecule has 52 heavy (non-hydrogen) atoms. The van der Waals surface area contributed by atoms with Gasteiger partial charge < -0.3 is 36.3 Å². The average Bonchev–Trinajstić information content (AvgIpc) is 3.50. The lowest BCUT2D eigenvalue weighted by atomic mass is 10.1. The average molecular weight is 717 g/mol. The van der Waals surface area contributed by atoms with Crippen molar-refractivity contribution >= 4 is 34.5 Å². The molecule has 6 rings (SSSR count). The highest BCUT2D eigenvalue weighted by molar-refractivity contribution is 5.98. The molecule has 0 spiro atoms. The summed E-state index contributed by atoms with van der Waals surface area (Å²) < 4.78 is 61.0. The number of carbonyl (C=O) groups excluding carboxylic acids is 2. The molecule has 1 fully saturated rings. The number of ether oxygens (including phenoxy) is 1. The van der Waals surface area contributed by atoms with Crippen molar-refractivity contribution in [2.75, 3.05) is 37.6 Å². The highest BCUT2D eigenvalue weighted by Gasteiger charge is 2.31. The van der Waals surface area contributed by atoms with Crippen molar-refractivity contribution in [2.45, 2.75) is 25.1 Å². The van der Waals surface area contributed by atoms with Gasteiger partial charge in [0.15, 0.2) is 5.96 Å². The normalized spacial score (nSPS) is 13.9. The molecule has 0 radical (unpaired) electrons. The summed E-state index contributed by atoms with van der Waals surface area (Å²) in [5.74, 6) is -0.699. The Bertz CT molecular complexity index is 2100. The first-order valence-electron chi connectivity index (χ1n) is 16.5. The monoisotopic (exact) mass is 716 g/mol. The van der Waals surface area contributed by atoms with Crippen LogP contribution >= 0.6 is 0 Å². The second kappa shape index (κ2) is 15.0. The number of aliphatic imine (C=N–C) groups is 1. The molecule has 1 unspecified atom stereocenters. The van der Waals surface area contributed by atoms with Gasteiger partial charge >= 0.3 is 6.18 Å². The summed E-state index contributed by atoms with van der Waals surface area (Å²) in [4.78, 5) is 39.4. The predicted molar refractivity (Wildman–Crippen MR) is 189 cm³/mol. The molecule has 2 amide bonds. The molecule has 1 saturated heterocycles. The second-order valence-electron chi connectivity index (χ2n) is 12.3. The summed E-state index contributed by atoms with van der Waals surface area (Å²) in [5, 5.41) is 0. The Kier molecular flexibility index (Phi) is 10.3. The minimum absolute atomic E-state index is 0.0168. The number of guanidine groups is 1. The number of hydrogen-bond donors (Lipinski definition) is 3. The van der Waals surface area contributed by atoms with Crippen LogP contribution in [0.4, 0.5) is 23.2 Å². The van der Waals surface area contributed by atoms with Crippen LogP contribution in [-0.2, 0) is 11.0 Å². The zero-order chi connectivity index (χ0) is 37.0. The Labute approximate surface area is 296 Å². The van der Waals surface area contributed by atoms with Crippen molar-refractivity contribution in [3.05, 3.63) is 108 Å². The largest absolute Gasteiger partial charge is 0.457 e. The van der Waals surface area contributed by atoms with Gasteiger partial charge in [-0.05, 0) is 85.6 Å². The zero-order valence-electron chi connectivity index (χ0n) is 27.9. The van der Waals surface area contributed by atoms with Gasteiger partial charge in [0, 0.05) is 49.5 Å². The lowest BCUT2D eigenvalue weighted by molar-refractivity contribution is -0.137. The van der Waals surface area contributed by atoms with E-state index >= 15 is 0 Å². The molecule has 15 heteroatoms. The molecule has 0 aliphatic carbocycles. The molecular weight excluding hydrogens is 680 g/mol. The minimum Gasteiger partial charge on any atom is -0.457 e. The van der Waals surface area contributed by atoms with Gasteiger partial charge in [-0.25, -0.2) is 9.37 Å². The van der Waals surface area contributed by atoms with Gasteiger partial charge in [-0.3, -0.25) is 14.6 Å². The minimum atomic E-state index is -4.55. The van der Waals surface area contributed by atoms with Crippen LogP contribution in [-0.4, -0.2) is 64.9 Å². The van der Waals surface area contributed by atoms with Crippen molar-refractivity contribution in [3.63, 3.8) is 0 Å². The molecule has 4 aromatic carbocycles. The molecule has 1 atom stereocenters. The van der Waals surface area contributed by atoms with E-state index in [4.69, 9.17) is 26.9 Å². The number of amides is 2. The van der Waals surface area contributed by atoms with E-state index in [1.807, 2.05) is 0 Å². The van der Waals surface area contributed by atoms with Gasteiger partial charge in [-0.2, -0.15) is 13.2 Å². The molecule has 2 heterocycles. The summed E-state index contributed by atoms with van der Waals surface area (Å²) in [6, 6.07) is 21.5. The fourth-order valence-corrected chi connectivity index (χ4v) is 6.22. The number of fused-ring (bicyclic) bond motifs is 1. The fourth-order valence-electron chi connectivity index (χ4n) is 6.22. The number of piperazine rings is 1. The predicted octanol–water partition coefficient (Wildman–Crippen LogP) is 5.70. The number of nitrogens with two attached hydrogens (primary N) is 3. The lowest BCUT2D eigenvalue weighted by Gasteiger charge is -2.36. The molecule has 1 aliphatic heterocycles. The third-order valence-corrected chi connectivity index (χ3v) is 8.75. The Morgan fingerprint density at radius 2 is 1.56 bits per heavy atom. The van der Waals surface area contributed by atoms with Gasteiger partial charge in [0.05, 0.1) is 16.6 Å². The third kappa shape index (κ3) is 8.09. The van der Waals surface area contributed by atoms with Crippen LogP contribution < -0.4 is 26.8 Å². The number of benzene rings is 4. The summed E-state index contributed by atoms with van der Waals surface area (Å²) >= 11 is 0. The van der Waals surface area contributed by atoms with E-state index in [-0.39, 0.29) is 42.1 Å². The van der Waals surface area contributed by atoms with Crippen molar-refractivity contribution < 1.29 is 31.9 Å². The van der Waals surface area contributed by atoms with Crippen molar-refractivity contribution in [2.24, 2.45) is 22.2 Å². The SMILES string of the molecule is NC(=O)C(CCCN=C(N)N)n1c(-c2cccc(Oc3cccc(C(F)(F)F)c3)c2)nc2cc(C(=O)N3CCN(c4ccc(F)cc4)CC3)ccc21. The number of primary amides is 1. The fraction of sp³-hybridized carbons (Fsp3) is 0.243. The molecule has 270 valence electrons. The number of halogens is 4. The van der Waals surface area contributed by atoms with Crippen LogP contribution in [0.1, 0.15) is 34.8 Å². The molecule has 1 aliphatic rings. The van der Waals surface area contributed by atoms with E-state index in [2.05, 4.69) is 9.89 Å². The first-order chi connectivity index (χ1) is 24.9. The van der Waals surface area contributed by atoms with E-state index in [1.165, 1.54) is 24.3 Å². The standard InChI is InChI=1S/C37H36F4N8O3/c38-26-10-12-27(13-11-26)47-16-18-48(19-17-47)35(51)24-9-14-31-30(21-24)46-34(49(31)32(33(42)50)8-3-15-45-36(43)44)23-4-1-6-28(20-23)52-29-7-2-5-25(22-29)37(39,40)41/h1-2,4-7,9-14,20-22,32H,3,8,15-19H2,(H2,42,50)(H4,43,44,45). The highest BCUT2D eigenvalue weighted by Crippen LogP contribution is 2.36. The van der Waals surface area contributed by atoms with Crippen molar-refractivity contribution in [3.8, 4) is 22.9 Å². The maximum absolute atomic E-state index is 13.7. The van der Waals surface area contributed by atoms with Gasteiger partial charge in [-0.15, -0.1) is 0 Å². The molecule has 1 aromatic heterocycles. The number of aromatic nitrogens is 2. The lowest BCUT2D eigenvalue weighted by Crippen LogP contribution is -2.48. The number of nitrogens with zero attached hydrogens (tertiary/aromatic N) is 5. The Morgan fingerprint density at radius 3 is 2.23 bits per heavy atom. The van der Waals surface area contributed by atoms with Crippen LogP contribution in [0, 0.1) is 5.82 Å². The number of rotatable bonds is 11. The van der Waals surface area contributed by atoms with Gasteiger partial charge in [-0.1, -0.05) is 18.2 Å². The van der Waals surface area contributed by atoms with Crippen LogP contribution in [0.5, 0.6) is 11.5 Å². The maximum Gasteiger partial charge on any atom is 0.416 e. The quantitative estimate of drug-likeness (QED) is 0.0685. The molecule has 0 bridgehead atoms. The summed E-state index contributed by atoms with van der Waals surface area (Å²) in [6.07, 6.45) is -3.89.